The molecule has 1 aromatic carbocycles. The molecule has 19 heavy (non-hydrogen) atoms. The van der Waals surface area contributed by atoms with Gasteiger partial charge in [0, 0.05) is 5.56 Å². The van der Waals surface area contributed by atoms with Gasteiger partial charge in [-0.1, -0.05) is 23.9 Å². The fraction of sp³-hybridized carbons (Fsp3) is 0.417. The van der Waals surface area contributed by atoms with Crippen molar-refractivity contribution < 1.29 is 28.0 Å². The number of carbonyl (C=O) groups is 1. The summed E-state index contributed by atoms with van der Waals surface area (Å²) in [6, 6.07) is 4.75. The zero-order valence-corrected chi connectivity index (χ0v) is 10.9. The van der Waals surface area contributed by atoms with Gasteiger partial charge in [0.1, 0.15) is 0 Å². The highest BCUT2D eigenvalue weighted by molar-refractivity contribution is 7.99. The molecule has 0 aromatic heterocycles. The zero-order chi connectivity index (χ0) is 14.0. The molecule has 0 bridgehead atoms. The molecule has 104 valence electrons. The summed E-state index contributed by atoms with van der Waals surface area (Å²) in [5.74, 6) is 0.292. The van der Waals surface area contributed by atoms with Crippen LogP contribution < -0.4 is 5.32 Å². The molecule has 0 unspecified atom stereocenters. The molecule has 1 aromatic rings. The zero-order valence-electron chi connectivity index (χ0n) is 10.1. The van der Waals surface area contributed by atoms with Crippen molar-refractivity contribution in [3.63, 3.8) is 0 Å². The minimum absolute atomic E-state index is 0.0635. The van der Waals surface area contributed by atoms with Crippen LogP contribution in [0, 0.1) is 0 Å². The second-order valence-electron chi connectivity index (χ2n) is 4.20. The van der Waals surface area contributed by atoms with E-state index in [1.165, 1.54) is 31.0 Å². The van der Waals surface area contributed by atoms with Gasteiger partial charge in [-0.2, -0.15) is 13.2 Å². The quantitative estimate of drug-likeness (QED) is 0.841. The maximum absolute atomic E-state index is 12.4. The second kappa shape index (κ2) is 5.42. The minimum Gasteiger partial charge on any atom is -0.465 e. The number of methoxy groups -OCH3 is 1. The number of hydrogen-bond donors (Lipinski definition) is 1. The van der Waals surface area contributed by atoms with Crippen LogP contribution in [0.25, 0.3) is 0 Å². The van der Waals surface area contributed by atoms with Crippen molar-refractivity contribution in [2.45, 2.75) is 17.6 Å². The standard InChI is InChI=1S/C12H12F3NO2S/c1-18-11(17)9-6-19-10(16-9)7-2-4-8(5-3-7)12(13,14)15/h2-5,9-10,16H,6H2,1H3/p+1/t9-,10-/m1/s1. The summed E-state index contributed by atoms with van der Waals surface area (Å²) in [6.07, 6.45) is -4.32. The predicted molar refractivity (Wildman–Crippen MR) is 64.4 cm³/mol. The third kappa shape index (κ3) is 3.22. The number of ether oxygens (including phenoxy) is 1. The summed E-state index contributed by atoms with van der Waals surface area (Å²) >= 11 is 1.52. The van der Waals surface area contributed by atoms with E-state index in [4.69, 9.17) is 0 Å². The van der Waals surface area contributed by atoms with Crippen molar-refractivity contribution in [2.75, 3.05) is 12.9 Å². The number of alkyl halides is 3. The Bertz CT molecular complexity index is 461. The van der Waals surface area contributed by atoms with Crippen LogP contribution in [0.2, 0.25) is 0 Å². The first-order chi connectivity index (χ1) is 8.91. The number of benzene rings is 1. The van der Waals surface area contributed by atoms with Crippen LogP contribution in [0.15, 0.2) is 24.3 Å². The third-order valence-corrected chi connectivity index (χ3v) is 4.27. The summed E-state index contributed by atoms with van der Waals surface area (Å²) < 4.78 is 42.0. The number of esters is 1. The molecule has 1 aliphatic heterocycles. The van der Waals surface area contributed by atoms with E-state index >= 15 is 0 Å². The Morgan fingerprint density at radius 2 is 2.00 bits per heavy atom. The summed E-state index contributed by atoms with van der Waals surface area (Å²) in [4.78, 5) is 11.4. The summed E-state index contributed by atoms with van der Waals surface area (Å²) in [7, 11) is 1.33. The molecule has 0 saturated carbocycles. The first-order valence-electron chi connectivity index (χ1n) is 5.63. The van der Waals surface area contributed by atoms with Crippen molar-refractivity contribution >= 4 is 17.7 Å². The largest absolute Gasteiger partial charge is 0.465 e. The highest BCUT2D eigenvalue weighted by Crippen LogP contribution is 2.32. The second-order valence-corrected chi connectivity index (χ2v) is 5.37. The molecule has 2 N–H and O–H groups in total. The monoisotopic (exact) mass is 292 g/mol. The topological polar surface area (TPSA) is 42.9 Å². The highest BCUT2D eigenvalue weighted by Gasteiger charge is 2.36. The Labute approximate surface area is 112 Å². The van der Waals surface area contributed by atoms with Gasteiger partial charge in [-0.25, -0.2) is 4.79 Å². The van der Waals surface area contributed by atoms with E-state index in [0.717, 1.165) is 17.7 Å². The highest BCUT2D eigenvalue weighted by atomic mass is 32.2. The molecule has 1 aliphatic rings. The molecule has 0 aliphatic carbocycles. The molecule has 0 amide bonds. The van der Waals surface area contributed by atoms with Crippen LogP contribution in [0.3, 0.4) is 0 Å². The van der Waals surface area contributed by atoms with E-state index in [9.17, 15) is 18.0 Å². The molecular weight excluding hydrogens is 279 g/mol. The number of nitrogens with two attached hydrogens (primary N) is 1. The van der Waals surface area contributed by atoms with Gasteiger partial charge in [-0.15, -0.1) is 0 Å². The normalized spacial score (nSPS) is 23.4. The Hall–Kier alpha value is -1.21. The van der Waals surface area contributed by atoms with E-state index in [-0.39, 0.29) is 17.4 Å². The number of thioether (sulfide) groups is 1. The molecule has 1 heterocycles. The lowest BCUT2D eigenvalue weighted by Gasteiger charge is -2.11. The minimum atomic E-state index is -4.32. The fourth-order valence-corrected chi connectivity index (χ4v) is 3.21. The molecule has 1 saturated heterocycles. The van der Waals surface area contributed by atoms with Crippen LogP contribution >= 0.6 is 11.8 Å². The summed E-state index contributed by atoms with van der Waals surface area (Å²) in [6.45, 7) is 0. The van der Waals surface area contributed by atoms with Crippen LogP contribution in [0.5, 0.6) is 0 Å². The first-order valence-corrected chi connectivity index (χ1v) is 6.68. The van der Waals surface area contributed by atoms with E-state index < -0.39 is 11.7 Å². The molecule has 2 atom stereocenters. The van der Waals surface area contributed by atoms with Crippen LogP contribution in [0.1, 0.15) is 16.5 Å². The summed E-state index contributed by atoms with van der Waals surface area (Å²) in [5, 5.41) is 1.76. The van der Waals surface area contributed by atoms with Crippen LogP contribution in [-0.4, -0.2) is 24.9 Å². The average molecular weight is 292 g/mol. The first kappa shape index (κ1) is 14.2. The lowest BCUT2D eigenvalue weighted by molar-refractivity contribution is -0.685. The Morgan fingerprint density at radius 3 is 2.53 bits per heavy atom. The fourth-order valence-electron chi connectivity index (χ4n) is 1.90. The molecule has 1 fully saturated rings. The number of halogens is 3. The van der Waals surface area contributed by atoms with Gasteiger partial charge in [0.25, 0.3) is 0 Å². The van der Waals surface area contributed by atoms with Crippen LogP contribution in [-0.2, 0) is 15.7 Å². The van der Waals surface area contributed by atoms with E-state index in [2.05, 4.69) is 4.74 Å². The van der Waals surface area contributed by atoms with Gasteiger partial charge in [0.15, 0.2) is 11.4 Å². The van der Waals surface area contributed by atoms with Crippen molar-refractivity contribution in [2.24, 2.45) is 0 Å². The molecule has 0 spiro atoms. The van der Waals surface area contributed by atoms with E-state index in [1.54, 1.807) is 0 Å². The lowest BCUT2D eigenvalue weighted by Crippen LogP contribution is -2.89. The number of hydrogen-bond acceptors (Lipinski definition) is 3. The number of rotatable bonds is 2. The third-order valence-electron chi connectivity index (χ3n) is 2.93. The number of carbonyl (C=O) groups excluding carboxylic acids is 1. The Kier molecular flexibility index (Phi) is 4.05. The van der Waals surface area contributed by atoms with Crippen molar-refractivity contribution in [1.29, 1.82) is 0 Å². The molecule has 2 rings (SSSR count). The SMILES string of the molecule is COC(=O)[C@H]1CS[C@H](c2ccc(C(F)(F)F)cc2)[NH2+]1. The average Bonchev–Trinajstić information content (AvgIpc) is 2.86. The maximum atomic E-state index is 12.4. The van der Waals surface area contributed by atoms with Gasteiger partial charge in [-0.3, -0.25) is 0 Å². The van der Waals surface area contributed by atoms with E-state index in [0.29, 0.717) is 5.75 Å². The molecular formula is C12H13F3NO2S+. The molecule has 0 radical (unpaired) electrons. The van der Waals surface area contributed by atoms with Gasteiger partial charge in [0.2, 0.25) is 0 Å². The molecule has 3 nitrogen and oxygen atoms in total. The number of quaternary nitrogens is 1. The lowest BCUT2D eigenvalue weighted by atomic mass is 10.1. The maximum Gasteiger partial charge on any atom is 0.416 e. The Morgan fingerprint density at radius 1 is 1.37 bits per heavy atom. The van der Waals surface area contributed by atoms with Gasteiger partial charge in [-0.05, 0) is 12.1 Å². The van der Waals surface area contributed by atoms with Crippen molar-refractivity contribution in [3.05, 3.63) is 35.4 Å². The van der Waals surface area contributed by atoms with Gasteiger partial charge in [0.05, 0.1) is 18.4 Å². The van der Waals surface area contributed by atoms with Crippen LogP contribution in [0.4, 0.5) is 13.2 Å². The predicted octanol–water partition coefficient (Wildman–Crippen LogP) is 1.56. The van der Waals surface area contributed by atoms with Gasteiger partial charge < -0.3 is 10.1 Å². The van der Waals surface area contributed by atoms with Gasteiger partial charge >= 0.3 is 12.1 Å². The van der Waals surface area contributed by atoms with Crippen molar-refractivity contribution in [3.8, 4) is 0 Å². The van der Waals surface area contributed by atoms with E-state index in [1.807, 2.05) is 5.32 Å². The molecule has 7 heteroatoms. The summed E-state index contributed by atoms with van der Waals surface area (Å²) in [5.41, 5.74) is 0.105. The Balaban J connectivity index is 2.06. The van der Waals surface area contributed by atoms with Crippen molar-refractivity contribution in [1.82, 2.24) is 0 Å². The smallest absolute Gasteiger partial charge is 0.416 e.